The first-order chi connectivity index (χ1) is 18.0. The van der Waals surface area contributed by atoms with Crippen LogP contribution < -0.4 is 10.6 Å². The lowest BCUT2D eigenvalue weighted by Gasteiger charge is -2.20. The van der Waals surface area contributed by atoms with E-state index < -0.39 is 18.1 Å². The number of aliphatic hydroxyl groups is 1. The molecule has 2 amide bonds. The fraction of sp³-hybridized carbons (Fsp3) is 0.677. The quantitative estimate of drug-likeness (QED) is 0.153. The molecular formula is C31H50N2O4. The number of hydrogen-bond acceptors (Lipinski definition) is 4. The van der Waals surface area contributed by atoms with Crippen LogP contribution in [0.4, 0.5) is 0 Å². The molecule has 0 aliphatic heterocycles. The van der Waals surface area contributed by atoms with Crippen molar-refractivity contribution in [2.75, 3.05) is 6.54 Å². The molecule has 37 heavy (non-hydrogen) atoms. The molecule has 0 saturated carbocycles. The standard InChI is InChI=1S/C31H50N2O4/c1-3-4-5-6-7-8-9-10-11-12-13-14-15-16-17-20-23-32-31(36)29(25(2)34)33-30(35)28-24-26-21-18-19-22-27(26)37-28/h18-19,21-22,24-25,29,34H,3-17,20,23H2,1-2H3,(H,32,36)(H,33,35)/t25-,29+/m1/s1. The van der Waals surface area contributed by atoms with Gasteiger partial charge in [0.1, 0.15) is 11.6 Å². The number of nitrogens with one attached hydrogen (secondary N) is 2. The van der Waals surface area contributed by atoms with Gasteiger partial charge in [-0.15, -0.1) is 0 Å². The van der Waals surface area contributed by atoms with E-state index in [2.05, 4.69) is 17.6 Å². The van der Waals surface area contributed by atoms with Gasteiger partial charge in [-0.2, -0.15) is 0 Å². The molecule has 6 heteroatoms. The van der Waals surface area contributed by atoms with Crippen molar-refractivity contribution >= 4 is 22.8 Å². The van der Waals surface area contributed by atoms with Crippen molar-refractivity contribution in [3.63, 3.8) is 0 Å². The van der Waals surface area contributed by atoms with Crippen LogP contribution in [0.5, 0.6) is 0 Å². The Morgan fingerprint density at radius 3 is 1.84 bits per heavy atom. The Balaban J connectivity index is 1.48. The van der Waals surface area contributed by atoms with E-state index in [0.717, 1.165) is 18.2 Å². The highest BCUT2D eigenvalue weighted by Crippen LogP contribution is 2.19. The zero-order chi connectivity index (χ0) is 26.7. The summed E-state index contributed by atoms with van der Waals surface area (Å²) in [4.78, 5) is 25.1. The Kier molecular flexibility index (Phi) is 15.7. The molecule has 0 unspecified atom stereocenters. The zero-order valence-electron chi connectivity index (χ0n) is 23.2. The van der Waals surface area contributed by atoms with E-state index in [-0.39, 0.29) is 11.7 Å². The minimum Gasteiger partial charge on any atom is -0.451 e. The van der Waals surface area contributed by atoms with Crippen molar-refractivity contribution in [1.29, 1.82) is 0 Å². The predicted molar refractivity (Wildman–Crippen MR) is 152 cm³/mol. The lowest BCUT2D eigenvalue weighted by Crippen LogP contribution is -2.52. The summed E-state index contributed by atoms with van der Waals surface area (Å²) >= 11 is 0. The second-order valence-corrected chi connectivity index (χ2v) is 10.4. The molecule has 2 atom stereocenters. The number of unbranched alkanes of at least 4 members (excludes halogenated alkanes) is 15. The number of amides is 2. The number of carbonyl (C=O) groups excluding carboxylic acids is 2. The third kappa shape index (κ3) is 12.6. The SMILES string of the molecule is CCCCCCCCCCCCCCCCCCNC(=O)[C@@H](NC(=O)c1cc2ccccc2o1)[C@@H](C)O. The van der Waals surface area contributed by atoms with Gasteiger partial charge in [0.2, 0.25) is 5.91 Å². The van der Waals surface area contributed by atoms with Gasteiger partial charge in [-0.05, 0) is 25.5 Å². The minimum absolute atomic E-state index is 0.123. The third-order valence-electron chi connectivity index (χ3n) is 7.03. The van der Waals surface area contributed by atoms with Crippen LogP contribution in [0.3, 0.4) is 0 Å². The van der Waals surface area contributed by atoms with Crippen molar-refractivity contribution < 1.29 is 19.1 Å². The van der Waals surface area contributed by atoms with E-state index in [9.17, 15) is 14.7 Å². The minimum atomic E-state index is -1.03. The normalized spacial score (nSPS) is 12.9. The van der Waals surface area contributed by atoms with Crippen LogP contribution in [0, 0.1) is 0 Å². The fourth-order valence-electron chi connectivity index (χ4n) is 4.71. The highest BCUT2D eigenvalue weighted by Gasteiger charge is 2.27. The van der Waals surface area contributed by atoms with Crippen LogP contribution in [-0.2, 0) is 4.79 Å². The van der Waals surface area contributed by atoms with E-state index in [1.165, 1.54) is 96.8 Å². The average Bonchev–Trinajstić information content (AvgIpc) is 3.33. The maximum absolute atomic E-state index is 12.6. The molecule has 1 heterocycles. The first-order valence-corrected chi connectivity index (χ1v) is 14.8. The van der Waals surface area contributed by atoms with Gasteiger partial charge in [0.15, 0.2) is 5.76 Å². The van der Waals surface area contributed by atoms with Crippen LogP contribution in [0.2, 0.25) is 0 Å². The number of carbonyl (C=O) groups is 2. The van der Waals surface area contributed by atoms with Crippen LogP contribution in [0.1, 0.15) is 127 Å². The van der Waals surface area contributed by atoms with Crippen molar-refractivity contribution in [1.82, 2.24) is 10.6 Å². The smallest absolute Gasteiger partial charge is 0.287 e. The molecule has 0 saturated heterocycles. The molecular weight excluding hydrogens is 464 g/mol. The van der Waals surface area contributed by atoms with Gasteiger partial charge in [-0.25, -0.2) is 0 Å². The summed E-state index contributed by atoms with van der Waals surface area (Å²) in [6, 6.07) is 7.94. The number of benzene rings is 1. The van der Waals surface area contributed by atoms with E-state index >= 15 is 0 Å². The maximum atomic E-state index is 12.6. The van der Waals surface area contributed by atoms with E-state index in [1.807, 2.05) is 18.2 Å². The van der Waals surface area contributed by atoms with Gasteiger partial charge in [-0.1, -0.05) is 121 Å². The Bertz CT molecular complexity index is 859. The molecule has 208 valence electrons. The monoisotopic (exact) mass is 514 g/mol. The molecule has 0 fully saturated rings. The number of rotatable bonds is 21. The molecule has 2 aromatic rings. The van der Waals surface area contributed by atoms with Crippen LogP contribution in [-0.4, -0.2) is 35.6 Å². The van der Waals surface area contributed by atoms with E-state index in [0.29, 0.717) is 12.1 Å². The van der Waals surface area contributed by atoms with Gasteiger partial charge in [0.05, 0.1) is 6.10 Å². The molecule has 6 nitrogen and oxygen atoms in total. The highest BCUT2D eigenvalue weighted by atomic mass is 16.3. The molecule has 0 radical (unpaired) electrons. The predicted octanol–water partition coefficient (Wildman–Crippen LogP) is 7.29. The van der Waals surface area contributed by atoms with Crippen molar-refractivity contribution in [2.24, 2.45) is 0 Å². The summed E-state index contributed by atoms with van der Waals surface area (Å²) in [7, 11) is 0. The topological polar surface area (TPSA) is 91.6 Å². The fourth-order valence-corrected chi connectivity index (χ4v) is 4.71. The number of furan rings is 1. The first kappa shape index (κ1) is 30.9. The Morgan fingerprint density at radius 1 is 0.811 bits per heavy atom. The maximum Gasteiger partial charge on any atom is 0.287 e. The summed E-state index contributed by atoms with van der Waals surface area (Å²) in [6.07, 6.45) is 19.9. The number of fused-ring (bicyclic) bond motifs is 1. The lowest BCUT2D eigenvalue weighted by molar-refractivity contribution is -0.125. The van der Waals surface area contributed by atoms with Gasteiger partial charge >= 0.3 is 0 Å². The average molecular weight is 515 g/mol. The van der Waals surface area contributed by atoms with Crippen LogP contribution >= 0.6 is 0 Å². The Labute approximate surface area is 224 Å². The van der Waals surface area contributed by atoms with Crippen molar-refractivity contribution in [3.8, 4) is 0 Å². The summed E-state index contributed by atoms with van der Waals surface area (Å²) in [5.74, 6) is -0.766. The summed E-state index contributed by atoms with van der Waals surface area (Å²) in [5.41, 5.74) is 0.606. The first-order valence-electron chi connectivity index (χ1n) is 14.8. The van der Waals surface area contributed by atoms with Crippen molar-refractivity contribution in [2.45, 2.75) is 129 Å². The zero-order valence-corrected chi connectivity index (χ0v) is 23.2. The summed E-state index contributed by atoms with van der Waals surface area (Å²) in [6.45, 7) is 4.31. The molecule has 0 aliphatic carbocycles. The van der Waals surface area contributed by atoms with Gasteiger partial charge < -0.3 is 20.2 Å². The Hall–Kier alpha value is -2.34. The largest absolute Gasteiger partial charge is 0.451 e. The molecule has 0 aliphatic rings. The Morgan fingerprint density at radius 2 is 1.32 bits per heavy atom. The molecule has 2 rings (SSSR count). The van der Waals surface area contributed by atoms with Gasteiger partial charge in [0.25, 0.3) is 5.91 Å². The molecule has 3 N–H and O–H groups in total. The second-order valence-electron chi connectivity index (χ2n) is 10.4. The number of aliphatic hydroxyl groups excluding tert-OH is 1. The van der Waals surface area contributed by atoms with E-state index in [4.69, 9.17) is 4.42 Å². The lowest BCUT2D eigenvalue weighted by atomic mass is 10.0. The van der Waals surface area contributed by atoms with Gasteiger partial charge in [-0.3, -0.25) is 9.59 Å². The second kappa shape index (κ2) is 18.8. The van der Waals surface area contributed by atoms with E-state index in [1.54, 1.807) is 12.1 Å². The summed E-state index contributed by atoms with van der Waals surface area (Å²) < 4.78 is 5.56. The molecule has 1 aromatic heterocycles. The van der Waals surface area contributed by atoms with Crippen LogP contribution in [0.25, 0.3) is 11.0 Å². The van der Waals surface area contributed by atoms with Crippen molar-refractivity contribution in [3.05, 3.63) is 36.1 Å². The van der Waals surface area contributed by atoms with Gasteiger partial charge in [0, 0.05) is 11.9 Å². The summed E-state index contributed by atoms with van der Waals surface area (Å²) in [5, 5.41) is 16.3. The van der Waals surface area contributed by atoms with Crippen LogP contribution in [0.15, 0.2) is 34.7 Å². The molecule has 1 aromatic carbocycles. The number of para-hydroxylation sites is 1. The molecule has 0 bridgehead atoms. The third-order valence-corrected chi connectivity index (χ3v) is 7.03. The highest BCUT2D eigenvalue weighted by molar-refractivity contribution is 5.98. The molecule has 0 spiro atoms. The number of hydrogen-bond donors (Lipinski definition) is 3.